The summed E-state index contributed by atoms with van der Waals surface area (Å²) in [5.41, 5.74) is 8.19. The third-order valence-corrected chi connectivity index (χ3v) is 6.32. The van der Waals surface area contributed by atoms with Crippen LogP contribution in [0.5, 0.6) is 0 Å². The van der Waals surface area contributed by atoms with E-state index in [0.717, 1.165) is 6.54 Å². The molecule has 0 aromatic heterocycles. The predicted molar refractivity (Wildman–Crippen MR) is 132 cm³/mol. The number of allylic oxidation sites excluding steroid dienone is 2. The van der Waals surface area contributed by atoms with E-state index in [9.17, 15) is 0 Å². The monoisotopic (exact) mass is 397 g/mol. The fourth-order valence-electron chi connectivity index (χ4n) is 5.00. The molecule has 0 heterocycles. The van der Waals surface area contributed by atoms with Crippen LogP contribution in [0.1, 0.15) is 94.9 Å². The number of unbranched alkanes of at least 4 members (excludes halogenated alkanes) is 2. The standard InChI is InChI=1S/C26H43N.C2H4/c1-9-10-11-12-21-16-20(3)25(22(17-21)18-27(7)8)23-15-19(2)13-14-24(23)26(4,5)6;1-2/h13,16-17,23-24H,9-12,14-15,18H2,1-8H3;1-2H2. The third-order valence-electron chi connectivity index (χ3n) is 6.32. The highest BCUT2D eigenvalue weighted by molar-refractivity contribution is 5.43. The smallest absolute Gasteiger partial charge is 0.0230 e. The maximum absolute atomic E-state index is 3.00. The molecule has 1 aliphatic carbocycles. The van der Waals surface area contributed by atoms with Gasteiger partial charge in [-0.3, -0.25) is 0 Å². The van der Waals surface area contributed by atoms with Crippen LogP contribution in [0.4, 0.5) is 0 Å². The Hall–Kier alpha value is -1.34. The number of aryl methyl sites for hydroxylation is 2. The molecule has 0 saturated carbocycles. The van der Waals surface area contributed by atoms with Crippen molar-refractivity contribution in [3.63, 3.8) is 0 Å². The van der Waals surface area contributed by atoms with Crippen molar-refractivity contribution in [1.82, 2.24) is 4.90 Å². The van der Waals surface area contributed by atoms with Crippen molar-refractivity contribution in [2.75, 3.05) is 14.1 Å². The van der Waals surface area contributed by atoms with E-state index in [-0.39, 0.29) is 0 Å². The van der Waals surface area contributed by atoms with E-state index in [4.69, 9.17) is 0 Å². The molecule has 1 nitrogen and oxygen atoms in total. The van der Waals surface area contributed by atoms with Crippen LogP contribution in [0.2, 0.25) is 0 Å². The molecule has 0 radical (unpaired) electrons. The Morgan fingerprint density at radius 2 is 1.72 bits per heavy atom. The number of nitrogens with zero attached hydrogens (tertiary/aromatic N) is 1. The Balaban J connectivity index is 0.00000204. The molecule has 0 aliphatic heterocycles. The van der Waals surface area contributed by atoms with Gasteiger partial charge in [0, 0.05) is 6.54 Å². The molecular formula is C28H47N. The summed E-state index contributed by atoms with van der Waals surface area (Å²) in [5, 5.41) is 0. The first-order valence-corrected chi connectivity index (χ1v) is 11.6. The molecule has 0 fully saturated rings. The maximum Gasteiger partial charge on any atom is 0.0230 e. The molecule has 1 aliphatic rings. The molecule has 0 N–H and O–H groups in total. The molecule has 2 rings (SSSR count). The Labute approximate surface area is 182 Å². The summed E-state index contributed by atoms with van der Waals surface area (Å²) in [4.78, 5) is 2.34. The van der Waals surface area contributed by atoms with Gasteiger partial charge in [-0.2, -0.15) is 0 Å². The molecule has 1 heteroatoms. The van der Waals surface area contributed by atoms with Gasteiger partial charge in [-0.1, -0.05) is 64.3 Å². The van der Waals surface area contributed by atoms with Crippen LogP contribution in [-0.4, -0.2) is 19.0 Å². The molecule has 0 bridgehead atoms. The Kier molecular flexibility index (Phi) is 10.4. The van der Waals surface area contributed by atoms with Gasteiger partial charge in [0.1, 0.15) is 0 Å². The molecule has 164 valence electrons. The predicted octanol–water partition coefficient (Wildman–Crippen LogP) is 8.08. The quantitative estimate of drug-likeness (QED) is 0.332. The van der Waals surface area contributed by atoms with E-state index in [2.05, 4.69) is 91.9 Å². The number of hydrogen-bond acceptors (Lipinski definition) is 1. The highest BCUT2D eigenvalue weighted by Crippen LogP contribution is 2.48. The van der Waals surface area contributed by atoms with Crippen molar-refractivity contribution in [3.05, 3.63) is 59.2 Å². The maximum atomic E-state index is 3.00. The Morgan fingerprint density at radius 1 is 1.07 bits per heavy atom. The first-order valence-electron chi connectivity index (χ1n) is 11.6. The van der Waals surface area contributed by atoms with E-state index in [1.807, 2.05) is 0 Å². The van der Waals surface area contributed by atoms with E-state index >= 15 is 0 Å². The molecule has 0 amide bonds. The van der Waals surface area contributed by atoms with E-state index < -0.39 is 0 Å². The van der Waals surface area contributed by atoms with Gasteiger partial charge in [0.2, 0.25) is 0 Å². The van der Waals surface area contributed by atoms with Crippen molar-refractivity contribution in [1.29, 1.82) is 0 Å². The molecule has 1 aromatic carbocycles. The van der Waals surface area contributed by atoms with Gasteiger partial charge in [0.15, 0.2) is 0 Å². The Morgan fingerprint density at radius 3 is 2.28 bits per heavy atom. The fourth-order valence-corrected chi connectivity index (χ4v) is 5.00. The Bertz CT molecular complexity index is 660. The lowest BCUT2D eigenvalue weighted by atomic mass is 9.63. The van der Waals surface area contributed by atoms with E-state index in [1.165, 1.54) is 49.7 Å². The number of rotatable bonds is 7. The molecule has 29 heavy (non-hydrogen) atoms. The zero-order valence-electron chi connectivity index (χ0n) is 20.7. The summed E-state index contributed by atoms with van der Waals surface area (Å²) in [7, 11) is 4.41. The second-order valence-electron chi connectivity index (χ2n) is 10.2. The number of hydrogen-bond donors (Lipinski definition) is 0. The van der Waals surface area contributed by atoms with E-state index in [0.29, 0.717) is 17.3 Å². The van der Waals surface area contributed by atoms with Gasteiger partial charge < -0.3 is 4.90 Å². The first kappa shape index (κ1) is 25.7. The summed E-state index contributed by atoms with van der Waals surface area (Å²) in [6.07, 6.45) is 10.1. The molecule has 2 atom stereocenters. The van der Waals surface area contributed by atoms with Crippen LogP contribution < -0.4 is 0 Å². The number of benzene rings is 1. The van der Waals surface area contributed by atoms with Crippen molar-refractivity contribution in [3.8, 4) is 0 Å². The minimum Gasteiger partial charge on any atom is -0.305 e. The third kappa shape index (κ3) is 7.45. The first-order chi connectivity index (χ1) is 13.6. The lowest BCUT2D eigenvalue weighted by Crippen LogP contribution is -2.30. The summed E-state index contributed by atoms with van der Waals surface area (Å²) in [6, 6.07) is 5.03. The van der Waals surface area contributed by atoms with Crippen LogP contribution in [0.15, 0.2) is 36.9 Å². The lowest BCUT2D eigenvalue weighted by Gasteiger charge is -2.41. The van der Waals surface area contributed by atoms with Gasteiger partial charge >= 0.3 is 0 Å². The zero-order valence-corrected chi connectivity index (χ0v) is 20.7. The van der Waals surface area contributed by atoms with Crippen LogP contribution in [0, 0.1) is 18.3 Å². The van der Waals surface area contributed by atoms with Crippen molar-refractivity contribution < 1.29 is 0 Å². The van der Waals surface area contributed by atoms with Crippen LogP contribution in [0.25, 0.3) is 0 Å². The fraction of sp³-hybridized carbons (Fsp3) is 0.643. The average molecular weight is 398 g/mol. The van der Waals surface area contributed by atoms with Crippen LogP contribution in [0.3, 0.4) is 0 Å². The SMILES string of the molecule is C=C.CCCCCc1cc(C)c(C2CC(C)=CCC2C(C)(C)C)c(CN(C)C)c1. The lowest BCUT2D eigenvalue weighted by molar-refractivity contribution is 0.191. The van der Waals surface area contributed by atoms with Crippen molar-refractivity contribution in [2.24, 2.45) is 11.3 Å². The minimum atomic E-state index is 0.337. The summed E-state index contributed by atoms with van der Waals surface area (Å²) < 4.78 is 0. The highest BCUT2D eigenvalue weighted by atomic mass is 15.0. The summed E-state index contributed by atoms with van der Waals surface area (Å²) in [5.74, 6) is 1.36. The molecule has 1 aromatic rings. The van der Waals surface area contributed by atoms with Crippen LogP contribution >= 0.6 is 0 Å². The summed E-state index contributed by atoms with van der Waals surface area (Å²) >= 11 is 0. The topological polar surface area (TPSA) is 3.24 Å². The molecule has 0 saturated heterocycles. The van der Waals surface area contributed by atoms with Crippen molar-refractivity contribution >= 4 is 0 Å². The second-order valence-corrected chi connectivity index (χ2v) is 10.2. The van der Waals surface area contributed by atoms with Crippen LogP contribution in [-0.2, 0) is 13.0 Å². The van der Waals surface area contributed by atoms with E-state index in [1.54, 1.807) is 16.7 Å². The van der Waals surface area contributed by atoms with Gasteiger partial charge in [-0.15, -0.1) is 13.2 Å². The summed E-state index contributed by atoms with van der Waals surface area (Å²) in [6.45, 7) is 21.3. The molecular weight excluding hydrogens is 350 g/mol. The second kappa shape index (κ2) is 11.7. The average Bonchev–Trinajstić information content (AvgIpc) is 2.62. The molecule has 0 spiro atoms. The highest BCUT2D eigenvalue weighted by Gasteiger charge is 2.36. The molecule has 2 unspecified atom stereocenters. The van der Waals surface area contributed by atoms with Gasteiger partial charge in [0.25, 0.3) is 0 Å². The van der Waals surface area contributed by atoms with Gasteiger partial charge in [-0.05, 0) is 93.1 Å². The van der Waals surface area contributed by atoms with Crippen molar-refractivity contribution in [2.45, 2.75) is 92.5 Å². The van der Waals surface area contributed by atoms with Gasteiger partial charge in [-0.25, -0.2) is 0 Å². The zero-order chi connectivity index (χ0) is 22.2. The largest absolute Gasteiger partial charge is 0.305 e. The normalized spacial score (nSPS) is 19.6. The minimum absolute atomic E-state index is 0.337. The van der Waals surface area contributed by atoms with Gasteiger partial charge in [0.05, 0.1) is 0 Å².